The Bertz CT molecular complexity index is 784. The predicted molar refractivity (Wildman–Crippen MR) is 135 cm³/mol. The maximum Gasteiger partial charge on any atom is 0.251 e. The van der Waals surface area contributed by atoms with Gasteiger partial charge in [0.25, 0.3) is 5.91 Å². The van der Waals surface area contributed by atoms with Gasteiger partial charge in [0.2, 0.25) is 0 Å². The molecule has 0 bridgehead atoms. The van der Waals surface area contributed by atoms with Crippen molar-refractivity contribution < 1.29 is 4.79 Å². The SMILES string of the molecule is CCNC(=NCc1cccc(C(=O)NC(C)(C)C)c1)NCC(C)c1cccs1.I. The molecule has 3 N–H and O–H groups in total. The molecule has 0 fully saturated rings. The lowest BCUT2D eigenvalue weighted by Crippen LogP contribution is -2.40. The van der Waals surface area contributed by atoms with Crippen molar-refractivity contribution in [2.75, 3.05) is 13.1 Å². The molecule has 5 nitrogen and oxygen atoms in total. The van der Waals surface area contributed by atoms with E-state index in [0.717, 1.165) is 24.6 Å². The average Bonchev–Trinajstić information content (AvgIpc) is 3.17. The largest absolute Gasteiger partial charge is 0.357 e. The maximum atomic E-state index is 12.4. The molecule has 1 unspecified atom stereocenters. The van der Waals surface area contributed by atoms with Crippen LogP contribution in [0.2, 0.25) is 0 Å². The zero-order valence-electron chi connectivity index (χ0n) is 17.9. The van der Waals surface area contributed by atoms with Crippen LogP contribution in [0, 0.1) is 0 Å². The number of hydrogen-bond donors (Lipinski definition) is 3. The number of nitrogens with zero attached hydrogens (tertiary/aromatic N) is 1. The van der Waals surface area contributed by atoms with E-state index >= 15 is 0 Å². The number of halogens is 1. The fourth-order valence-corrected chi connectivity index (χ4v) is 3.44. The van der Waals surface area contributed by atoms with Crippen molar-refractivity contribution in [1.82, 2.24) is 16.0 Å². The number of guanidine groups is 1. The first-order chi connectivity index (χ1) is 13.3. The summed E-state index contributed by atoms with van der Waals surface area (Å²) in [5.41, 5.74) is 1.41. The monoisotopic (exact) mass is 528 g/mol. The van der Waals surface area contributed by atoms with Gasteiger partial charge in [0.05, 0.1) is 6.54 Å². The van der Waals surface area contributed by atoms with E-state index in [9.17, 15) is 4.79 Å². The van der Waals surface area contributed by atoms with Gasteiger partial charge in [-0.1, -0.05) is 25.1 Å². The fraction of sp³-hybridized carbons (Fsp3) is 0.455. The van der Waals surface area contributed by atoms with E-state index in [1.54, 1.807) is 11.3 Å². The zero-order chi connectivity index (χ0) is 20.6. The van der Waals surface area contributed by atoms with Crippen molar-refractivity contribution in [2.45, 2.75) is 52.6 Å². The van der Waals surface area contributed by atoms with E-state index in [4.69, 9.17) is 0 Å². The molecule has 2 aromatic rings. The zero-order valence-corrected chi connectivity index (χ0v) is 21.1. The lowest BCUT2D eigenvalue weighted by molar-refractivity contribution is 0.0919. The van der Waals surface area contributed by atoms with Crippen LogP contribution in [-0.2, 0) is 6.54 Å². The van der Waals surface area contributed by atoms with Gasteiger partial charge in [0, 0.05) is 35.0 Å². The molecule has 0 radical (unpaired) electrons. The second kappa shape index (κ2) is 12.2. The number of nitrogens with one attached hydrogen (secondary N) is 3. The van der Waals surface area contributed by atoms with Crippen LogP contribution in [0.25, 0.3) is 0 Å². The molecule has 0 spiro atoms. The molecule has 1 aromatic carbocycles. The standard InChI is InChI=1S/C22H32N4OS.HI/c1-6-23-21(24-14-16(2)19-11-8-12-28-19)25-15-17-9-7-10-18(13-17)20(27)26-22(3,4)5;/h7-13,16H,6,14-15H2,1-5H3,(H,26,27)(H2,23,24,25);1H. The van der Waals surface area contributed by atoms with Crippen LogP contribution in [0.15, 0.2) is 46.8 Å². The molecule has 160 valence electrons. The highest BCUT2D eigenvalue weighted by Gasteiger charge is 2.15. The molecule has 0 saturated carbocycles. The van der Waals surface area contributed by atoms with Gasteiger partial charge < -0.3 is 16.0 Å². The number of hydrogen-bond acceptors (Lipinski definition) is 3. The molecular weight excluding hydrogens is 495 g/mol. The van der Waals surface area contributed by atoms with Crippen molar-refractivity contribution in [1.29, 1.82) is 0 Å². The first-order valence-electron chi connectivity index (χ1n) is 9.75. The summed E-state index contributed by atoms with van der Waals surface area (Å²) in [7, 11) is 0. The quantitative estimate of drug-likeness (QED) is 0.276. The van der Waals surface area contributed by atoms with Crippen LogP contribution >= 0.6 is 35.3 Å². The second-order valence-corrected chi connectivity index (χ2v) is 8.88. The molecule has 2 rings (SSSR count). The van der Waals surface area contributed by atoms with Gasteiger partial charge in [-0.15, -0.1) is 35.3 Å². The molecule has 7 heteroatoms. The van der Waals surface area contributed by atoms with E-state index in [1.807, 2.05) is 45.0 Å². The van der Waals surface area contributed by atoms with Crippen molar-refractivity contribution in [3.05, 3.63) is 57.8 Å². The van der Waals surface area contributed by atoms with Gasteiger partial charge in [0.1, 0.15) is 0 Å². The van der Waals surface area contributed by atoms with Crippen molar-refractivity contribution >= 4 is 47.2 Å². The third kappa shape index (κ3) is 9.16. The van der Waals surface area contributed by atoms with Crippen molar-refractivity contribution in [2.24, 2.45) is 4.99 Å². The first kappa shape index (κ1) is 25.4. The van der Waals surface area contributed by atoms with Gasteiger partial charge in [-0.05, 0) is 56.8 Å². The van der Waals surface area contributed by atoms with Gasteiger partial charge in [-0.2, -0.15) is 0 Å². The Morgan fingerprint density at radius 3 is 2.55 bits per heavy atom. The summed E-state index contributed by atoms with van der Waals surface area (Å²) in [6.07, 6.45) is 0. The highest BCUT2D eigenvalue weighted by atomic mass is 127. The number of carbonyl (C=O) groups is 1. The Morgan fingerprint density at radius 1 is 1.17 bits per heavy atom. The summed E-state index contributed by atoms with van der Waals surface area (Å²) in [6.45, 7) is 12.3. The number of rotatable bonds is 7. The maximum absolute atomic E-state index is 12.4. The second-order valence-electron chi connectivity index (χ2n) is 7.90. The van der Waals surface area contributed by atoms with Gasteiger partial charge in [-0.25, -0.2) is 4.99 Å². The molecule has 1 atom stereocenters. The third-order valence-corrected chi connectivity index (χ3v) is 5.15. The molecule has 1 heterocycles. The average molecular weight is 529 g/mol. The van der Waals surface area contributed by atoms with E-state index in [-0.39, 0.29) is 35.4 Å². The number of amides is 1. The summed E-state index contributed by atoms with van der Waals surface area (Å²) >= 11 is 1.78. The lowest BCUT2D eigenvalue weighted by atomic mass is 10.1. The lowest BCUT2D eigenvalue weighted by Gasteiger charge is -2.20. The van der Waals surface area contributed by atoms with Crippen LogP contribution < -0.4 is 16.0 Å². The summed E-state index contributed by atoms with van der Waals surface area (Å²) < 4.78 is 0. The fourth-order valence-electron chi connectivity index (χ4n) is 2.66. The summed E-state index contributed by atoms with van der Waals surface area (Å²) in [5.74, 6) is 1.15. The number of benzene rings is 1. The predicted octanol–water partition coefficient (Wildman–Crippen LogP) is 4.75. The third-order valence-electron chi connectivity index (χ3n) is 4.05. The smallest absolute Gasteiger partial charge is 0.251 e. The van der Waals surface area contributed by atoms with Gasteiger partial charge >= 0.3 is 0 Å². The normalized spacial score (nSPS) is 12.7. The topological polar surface area (TPSA) is 65.5 Å². The molecular formula is C22H33IN4OS. The Hall–Kier alpha value is -1.61. The van der Waals surface area contributed by atoms with Crippen LogP contribution in [0.5, 0.6) is 0 Å². The molecule has 0 aliphatic rings. The number of aliphatic imine (C=N–C) groups is 1. The number of thiophene rings is 1. The molecule has 1 aromatic heterocycles. The van der Waals surface area contributed by atoms with Crippen LogP contribution in [0.3, 0.4) is 0 Å². The van der Waals surface area contributed by atoms with Crippen LogP contribution in [-0.4, -0.2) is 30.5 Å². The van der Waals surface area contributed by atoms with E-state index < -0.39 is 0 Å². The molecule has 29 heavy (non-hydrogen) atoms. The Morgan fingerprint density at radius 2 is 1.93 bits per heavy atom. The van der Waals surface area contributed by atoms with Gasteiger partial charge in [-0.3, -0.25) is 4.79 Å². The van der Waals surface area contributed by atoms with E-state index in [2.05, 4.69) is 52.3 Å². The Balaban J connectivity index is 0.00000420. The summed E-state index contributed by atoms with van der Waals surface area (Å²) in [4.78, 5) is 18.4. The number of carbonyl (C=O) groups excluding carboxylic acids is 1. The molecule has 0 aliphatic carbocycles. The minimum Gasteiger partial charge on any atom is -0.357 e. The minimum absolute atomic E-state index is 0. The Labute approximate surface area is 195 Å². The molecule has 0 aliphatic heterocycles. The van der Waals surface area contributed by atoms with Gasteiger partial charge in [0.15, 0.2) is 5.96 Å². The van der Waals surface area contributed by atoms with E-state index in [0.29, 0.717) is 18.0 Å². The molecule has 1 amide bonds. The summed E-state index contributed by atoms with van der Waals surface area (Å²) in [5, 5.41) is 11.8. The summed E-state index contributed by atoms with van der Waals surface area (Å²) in [6, 6.07) is 11.9. The first-order valence-corrected chi connectivity index (χ1v) is 10.6. The molecule has 0 saturated heterocycles. The highest BCUT2D eigenvalue weighted by molar-refractivity contribution is 14.0. The minimum atomic E-state index is -0.257. The van der Waals surface area contributed by atoms with E-state index in [1.165, 1.54) is 4.88 Å². The van der Waals surface area contributed by atoms with Crippen molar-refractivity contribution in [3.8, 4) is 0 Å². The van der Waals surface area contributed by atoms with Crippen molar-refractivity contribution in [3.63, 3.8) is 0 Å². The van der Waals surface area contributed by atoms with Crippen LogP contribution in [0.4, 0.5) is 0 Å². The van der Waals surface area contributed by atoms with Crippen LogP contribution in [0.1, 0.15) is 61.3 Å². The highest BCUT2D eigenvalue weighted by Crippen LogP contribution is 2.19. The Kier molecular flexibility index (Phi) is 10.7.